The van der Waals surface area contributed by atoms with Crippen molar-refractivity contribution in [1.29, 1.82) is 0 Å². The quantitative estimate of drug-likeness (QED) is 0.765. The molecule has 0 saturated heterocycles. The van der Waals surface area contributed by atoms with Gasteiger partial charge in [-0.05, 0) is 30.0 Å². The van der Waals surface area contributed by atoms with Crippen molar-refractivity contribution in [2.24, 2.45) is 5.73 Å². The lowest BCUT2D eigenvalue weighted by Crippen LogP contribution is -2.21. The van der Waals surface area contributed by atoms with Gasteiger partial charge in [0, 0.05) is 35.6 Å². The molecule has 0 fully saturated rings. The van der Waals surface area contributed by atoms with Gasteiger partial charge in [0.1, 0.15) is 0 Å². The molecule has 1 atom stereocenters. The largest absolute Gasteiger partial charge is 0.377 e. The first-order valence-electron chi connectivity index (χ1n) is 7.14. The predicted molar refractivity (Wildman–Crippen MR) is 88.3 cm³/mol. The Morgan fingerprint density at radius 1 is 1.10 bits per heavy atom. The molecule has 0 aliphatic carbocycles. The van der Waals surface area contributed by atoms with E-state index < -0.39 is 0 Å². The SMILES string of the molecule is Cc1cccc(NC(CN)c2cncc3ccccc23)c1. The zero-order chi connectivity index (χ0) is 14.7. The fourth-order valence-electron chi connectivity index (χ4n) is 2.62. The molecule has 0 aliphatic rings. The number of benzene rings is 2. The van der Waals surface area contributed by atoms with Crippen molar-refractivity contribution in [3.8, 4) is 0 Å². The highest BCUT2D eigenvalue weighted by Gasteiger charge is 2.13. The van der Waals surface area contributed by atoms with Gasteiger partial charge in [0.05, 0.1) is 6.04 Å². The van der Waals surface area contributed by atoms with Crippen LogP contribution in [0.1, 0.15) is 17.2 Å². The maximum atomic E-state index is 5.99. The van der Waals surface area contributed by atoms with Crippen LogP contribution in [0.5, 0.6) is 0 Å². The van der Waals surface area contributed by atoms with Crippen molar-refractivity contribution in [2.45, 2.75) is 13.0 Å². The molecule has 1 unspecified atom stereocenters. The molecule has 3 heteroatoms. The Balaban J connectivity index is 1.98. The summed E-state index contributed by atoms with van der Waals surface area (Å²) in [6, 6.07) is 16.6. The van der Waals surface area contributed by atoms with E-state index in [2.05, 4.69) is 47.6 Å². The fourth-order valence-corrected chi connectivity index (χ4v) is 2.62. The Morgan fingerprint density at radius 3 is 2.76 bits per heavy atom. The van der Waals surface area contributed by atoms with Gasteiger partial charge in [0.15, 0.2) is 0 Å². The molecule has 3 N–H and O–H groups in total. The van der Waals surface area contributed by atoms with E-state index >= 15 is 0 Å². The van der Waals surface area contributed by atoms with Crippen molar-refractivity contribution in [3.05, 3.63) is 72.1 Å². The standard InChI is InChI=1S/C18H19N3/c1-13-5-4-7-15(9-13)21-18(10-19)17-12-20-11-14-6-2-3-8-16(14)17/h2-9,11-12,18,21H,10,19H2,1H3. The van der Waals surface area contributed by atoms with Crippen LogP contribution < -0.4 is 11.1 Å². The molecule has 0 saturated carbocycles. The summed E-state index contributed by atoms with van der Waals surface area (Å²) >= 11 is 0. The molecular weight excluding hydrogens is 258 g/mol. The van der Waals surface area contributed by atoms with E-state index in [-0.39, 0.29) is 6.04 Å². The third-order valence-electron chi connectivity index (χ3n) is 3.67. The third kappa shape index (κ3) is 2.88. The van der Waals surface area contributed by atoms with Crippen LogP contribution in [0.3, 0.4) is 0 Å². The van der Waals surface area contributed by atoms with Gasteiger partial charge in [0.2, 0.25) is 0 Å². The van der Waals surface area contributed by atoms with Crippen LogP contribution in [0.25, 0.3) is 10.8 Å². The molecule has 1 aromatic heterocycles. The van der Waals surface area contributed by atoms with Crippen molar-refractivity contribution < 1.29 is 0 Å². The Hall–Kier alpha value is -2.39. The molecule has 106 valence electrons. The zero-order valence-corrected chi connectivity index (χ0v) is 12.1. The van der Waals surface area contributed by atoms with Crippen molar-refractivity contribution in [3.63, 3.8) is 0 Å². The maximum Gasteiger partial charge on any atom is 0.0657 e. The maximum absolute atomic E-state index is 5.99. The van der Waals surface area contributed by atoms with Crippen LogP contribution >= 0.6 is 0 Å². The van der Waals surface area contributed by atoms with Crippen LogP contribution in [0.15, 0.2) is 60.9 Å². The Kier molecular flexibility index (Phi) is 3.84. The van der Waals surface area contributed by atoms with E-state index in [9.17, 15) is 0 Å². The average Bonchev–Trinajstić information content (AvgIpc) is 2.52. The lowest BCUT2D eigenvalue weighted by molar-refractivity contribution is 0.792. The van der Waals surface area contributed by atoms with Crippen molar-refractivity contribution in [1.82, 2.24) is 4.98 Å². The van der Waals surface area contributed by atoms with E-state index in [1.165, 1.54) is 10.9 Å². The first-order valence-corrected chi connectivity index (χ1v) is 7.14. The smallest absolute Gasteiger partial charge is 0.0657 e. The highest BCUT2D eigenvalue weighted by molar-refractivity contribution is 5.85. The van der Waals surface area contributed by atoms with Gasteiger partial charge in [0.25, 0.3) is 0 Å². The third-order valence-corrected chi connectivity index (χ3v) is 3.67. The van der Waals surface area contributed by atoms with Gasteiger partial charge in [-0.15, -0.1) is 0 Å². The number of pyridine rings is 1. The van der Waals surface area contributed by atoms with Crippen LogP contribution in [0, 0.1) is 6.92 Å². The first kappa shape index (κ1) is 13.6. The van der Waals surface area contributed by atoms with Crippen LogP contribution in [0.2, 0.25) is 0 Å². The molecule has 3 aromatic rings. The monoisotopic (exact) mass is 277 g/mol. The van der Waals surface area contributed by atoms with Crippen molar-refractivity contribution >= 4 is 16.5 Å². The number of aromatic nitrogens is 1. The minimum absolute atomic E-state index is 0.0467. The zero-order valence-electron chi connectivity index (χ0n) is 12.1. The van der Waals surface area contributed by atoms with E-state index in [4.69, 9.17) is 5.73 Å². The highest BCUT2D eigenvalue weighted by atomic mass is 14.9. The number of fused-ring (bicyclic) bond motifs is 1. The van der Waals surface area contributed by atoms with Gasteiger partial charge >= 0.3 is 0 Å². The second-order valence-corrected chi connectivity index (χ2v) is 5.25. The minimum atomic E-state index is 0.0467. The lowest BCUT2D eigenvalue weighted by Gasteiger charge is -2.20. The van der Waals surface area contributed by atoms with E-state index in [1.807, 2.05) is 30.6 Å². The Labute approximate surface area is 124 Å². The molecule has 21 heavy (non-hydrogen) atoms. The van der Waals surface area contributed by atoms with Gasteiger partial charge in [-0.1, -0.05) is 36.4 Å². The summed E-state index contributed by atoms with van der Waals surface area (Å²) in [5.41, 5.74) is 9.44. The number of anilines is 1. The van der Waals surface area contributed by atoms with Crippen LogP contribution in [-0.4, -0.2) is 11.5 Å². The minimum Gasteiger partial charge on any atom is -0.377 e. The topological polar surface area (TPSA) is 50.9 Å². The van der Waals surface area contributed by atoms with Crippen molar-refractivity contribution in [2.75, 3.05) is 11.9 Å². The summed E-state index contributed by atoms with van der Waals surface area (Å²) < 4.78 is 0. The number of hydrogen-bond donors (Lipinski definition) is 2. The molecule has 0 amide bonds. The van der Waals surface area contributed by atoms with E-state index in [1.54, 1.807) is 0 Å². The fraction of sp³-hybridized carbons (Fsp3) is 0.167. The molecule has 0 aliphatic heterocycles. The number of nitrogens with zero attached hydrogens (tertiary/aromatic N) is 1. The summed E-state index contributed by atoms with van der Waals surface area (Å²) in [7, 11) is 0. The van der Waals surface area contributed by atoms with Gasteiger partial charge in [-0.25, -0.2) is 0 Å². The van der Waals surface area contributed by atoms with Gasteiger partial charge in [-0.3, -0.25) is 4.98 Å². The summed E-state index contributed by atoms with van der Waals surface area (Å²) in [5.74, 6) is 0. The number of aryl methyl sites for hydroxylation is 1. The molecule has 3 rings (SSSR count). The summed E-state index contributed by atoms with van der Waals surface area (Å²) in [5, 5.41) is 5.85. The highest BCUT2D eigenvalue weighted by Crippen LogP contribution is 2.25. The molecule has 3 nitrogen and oxygen atoms in total. The lowest BCUT2D eigenvalue weighted by atomic mass is 10.0. The van der Waals surface area contributed by atoms with Gasteiger partial charge < -0.3 is 11.1 Å². The molecule has 0 radical (unpaired) electrons. The number of rotatable bonds is 4. The van der Waals surface area contributed by atoms with Crippen LogP contribution in [-0.2, 0) is 0 Å². The van der Waals surface area contributed by atoms with E-state index in [0.29, 0.717) is 6.54 Å². The molecular formula is C18H19N3. The predicted octanol–water partition coefficient (Wildman–Crippen LogP) is 3.66. The Morgan fingerprint density at radius 2 is 1.95 bits per heavy atom. The molecule has 0 spiro atoms. The number of hydrogen-bond acceptors (Lipinski definition) is 3. The molecule has 1 heterocycles. The summed E-state index contributed by atoms with van der Waals surface area (Å²) in [6.07, 6.45) is 3.79. The average molecular weight is 277 g/mol. The summed E-state index contributed by atoms with van der Waals surface area (Å²) in [4.78, 5) is 4.35. The molecule has 2 aromatic carbocycles. The second-order valence-electron chi connectivity index (χ2n) is 5.25. The normalized spacial score (nSPS) is 12.3. The Bertz CT molecular complexity index is 747. The molecule has 0 bridgehead atoms. The van der Waals surface area contributed by atoms with Crippen LogP contribution in [0.4, 0.5) is 5.69 Å². The number of nitrogens with one attached hydrogen (secondary N) is 1. The summed E-state index contributed by atoms with van der Waals surface area (Å²) in [6.45, 7) is 2.60. The van der Waals surface area contributed by atoms with Gasteiger partial charge in [-0.2, -0.15) is 0 Å². The second kappa shape index (κ2) is 5.94. The van der Waals surface area contributed by atoms with E-state index in [0.717, 1.165) is 16.6 Å². The number of nitrogens with two attached hydrogens (primary N) is 1. The first-order chi connectivity index (χ1) is 10.3.